The van der Waals surface area contributed by atoms with Crippen LogP contribution >= 0.6 is 0 Å². The predicted octanol–water partition coefficient (Wildman–Crippen LogP) is 1.14. The summed E-state index contributed by atoms with van der Waals surface area (Å²) < 4.78 is 7.02. The summed E-state index contributed by atoms with van der Waals surface area (Å²) in [5.41, 5.74) is 1.60. The monoisotopic (exact) mass is 285 g/mol. The Labute approximate surface area is 120 Å². The quantitative estimate of drug-likeness (QED) is 0.736. The Morgan fingerprint density at radius 1 is 1.24 bits per heavy atom. The Bertz CT molecular complexity index is 793. The number of nitrogens with zero attached hydrogens (tertiary/aromatic N) is 2. The van der Waals surface area contributed by atoms with Gasteiger partial charge in [-0.25, -0.2) is 4.52 Å². The van der Waals surface area contributed by atoms with Gasteiger partial charge in [-0.15, -0.1) is 0 Å². The second-order valence-electron chi connectivity index (χ2n) is 4.60. The molecule has 0 atom stereocenters. The van der Waals surface area contributed by atoms with Crippen molar-refractivity contribution in [1.82, 2.24) is 14.6 Å². The van der Waals surface area contributed by atoms with Crippen molar-refractivity contribution < 1.29 is 9.84 Å². The molecule has 0 saturated carbocycles. The molecule has 0 spiro atoms. The first-order chi connectivity index (χ1) is 10.3. The minimum atomic E-state index is -0.248. The average molecular weight is 285 g/mol. The van der Waals surface area contributed by atoms with E-state index in [1.165, 1.54) is 4.52 Å². The molecule has 6 heteroatoms. The number of hydrogen-bond donors (Lipinski definition) is 2. The zero-order valence-electron chi connectivity index (χ0n) is 11.3. The zero-order valence-corrected chi connectivity index (χ0v) is 11.3. The number of aliphatic hydroxyl groups is 1. The molecule has 3 rings (SSSR count). The van der Waals surface area contributed by atoms with Gasteiger partial charge in [0.2, 0.25) is 5.88 Å². The van der Waals surface area contributed by atoms with E-state index in [4.69, 9.17) is 9.84 Å². The van der Waals surface area contributed by atoms with E-state index in [9.17, 15) is 4.79 Å². The maximum Gasteiger partial charge on any atom is 0.279 e. The highest BCUT2D eigenvalue weighted by Gasteiger charge is 2.14. The highest BCUT2D eigenvalue weighted by Crippen LogP contribution is 2.15. The summed E-state index contributed by atoms with van der Waals surface area (Å²) >= 11 is 0. The third kappa shape index (κ3) is 2.66. The highest BCUT2D eigenvalue weighted by atomic mass is 16.5. The van der Waals surface area contributed by atoms with Gasteiger partial charge in [-0.05, 0) is 5.56 Å². The van der Waals surface area contributed by atoms with Crippen molar-refractivity contribution in [3.05, 3.63) is 64.1 Å². The third-order valence-electron chi connectivity index (χ3n) is 3.18. The van der Waals surface area contributed by atoms with Gasteiger partial charge in [0.15, 0.2) is 5.65 Å². The Kier molecular flexibility index (Phi) is 3.70. The molecular weight excluding hydrogens is 270 g/mol. The largest absolute Gasteiger partial charge is 0.472 e. The van der Waals surface area contributed by atoms with Gasteiger partial charge in [-0.2, -0.15) is 4.98 Å². The van der Waals surface area contributed by atoms with Crippen molar-refractivity contribution in [2.75, 3.05) is 6.61 Å². The molecule has 0 aliphatic rings. The number of benzene rings is 1. The topological polar surface area (TPSA) is 79.6 Å². The number of hydrogen-bond acceptors (Lipinski definition) is 4. The van der Waals surface area contributed by atoms with Crippen molar-refractivity contribution in [2.45, 2.75) is 13.0 Å². The first-order valence-electron chi connectivity index (χ1n) is 6.66. The Morgan fingerprint density at radius 2 is 2.05 bits per heavy atom. The molecule has 0 bridgehead atoms. The Morgan fingerprint density at radius 3 is 2.81 bits per heavy atom. The summed E-state index contributed by atoms with van der Waals surface area (Å²) in [6.45, 7) is 0.192. The van der Waals surface area contributed by atoms with Gasteiger partial charge in [-0.1, -0.05) is 30.3 Å². The Hall–Kier alpha value is -2.60. The maximum absolute atomic E-state index is 12.3. The lowest BCUT2D eigenvalue weighted by atomic mass is 10.2. The molecule has 0 aliphatic carbocycles. The lowest BCUT2D eigenvalue weighted by Gasteiger charge is -2.10. The van der Waals surface area contributed by atoms with Gasteiger partial charge >= 0.3 is 0 Å². The minimum absolute atomic E-state index is 0.134. The summed E-state index contributed by atoms with van der Waals surface area (Å²) in [7, 11) is 0. The van der Waals surface area contributed by atoms with Crippen LogP contribution in [0, 0.1) is 0 Å². The van der Waals surface area contributed by atoms with Crippen LogP contribution in [0.3, 0.4) is 0 Å². The van der Waals surface area contributed by atoms with Gasteiger partial charge in [0, 0.05) is 25.3 Å². The van der Waals surface area contributed by atoms with Crippen LogP contribution in [0.2, 0.25) is 0 Å². The zero-order chi connectivity index (χ0) is 14.7. The van der Waals surface area contributed by atoms with Crippen LogP contribution in [0.5, 0.6) is 5.88 Å². The molecule has 6 nitrogen and oxygen atoms in total. The number of nitrogens with one attached hydrogen (secondary N) is 1. The molecule has 0 amide bonds. The summed E-state index contributed by atoms with van der Waals surface area (Å²) in [5.74, 6) is 0.275. The van der Waals surface area contributed by atoms with Crippen molar-refractivity contribution in [1.29, 1.82) is 0 Å². The van der Waals surface area contributed by atoms with Gasteiger partial charge < -0.3 is 9.84 Å². The standard InChI is InChI=1S/C15H15N3O3/c19-9-7-12-14(21-10-11-4-2-1-3-5-11)17-13-6-8-16-18(13)15(12)20/h1-6,8,16,19H,7,9-10H2. The van der Waals surface area contributed by atoms with Crippen LogP contribution in [-0.4, -0.2) is 26.3 Å². The van der Waals surface area contributed by atoms with Crippen LogP contribution in [0.4, 0.5) is 0 Å². The molecule has 0 unspecified atom stereocenters. The minimum Gasteiger partial charge on any atom is -0.472 e. The Balaban J connectivity index is 1.96. The van der Waals surface area contributed by atoms with E-state index in [-0.39, 0.29) is 24.5 Å². The third-order valence-corrected chi connectivity index (χ3v) is 3.18. The van der Waals surface area contributed by atoms with Crippen LogP contribution in [0.1, 0.15) is 11.1 Å². The van der Waals surface area contributed by atoms with Crippen molar-refractivity contribution in [3.63, 3.8) is 0 Å². The van der Waals surface area contributed by atoms with Gasteiger partial charge in [0.1, 0.15) is 6.61 Å². The first kappa shape index (κ1) is 13.4. The fourth-order valence-electron chi connectivity index (χ4n) is 2.15. The molecule has 21 heavy (non-hydrogen) atoms. The molecular formula is C15H15N3O3. The number of aromatic amines is 1. The van der Waals surface area contributed by atoms with E-state index >= 15 is 0 Å². The van der Waals surface area contributed by atoms with Crippen molar-refractivity contribution in [2.24, 2.45) is 0 Å². The maximum atomic E-state index is 12.3. The molecule has 3 aromatic rings. The number of rotatable bonds is 5. The van der Waals surface area contributed by atoms with Crippen LogP contribution in [-0.2, 0) is 13.0 Å². The predicted molar refractivity (Wildman–Crippen MR) is 77.4 cm³/mol. The molecule has 0 aliphatic heterocycles. The smallest absolute Gasteiger partial charge is 0.279 e. The molecule has 1 aromatic carbocycles. The van der Waals surface area contributed by atoms with Crippen molar-refractivity contribution >= 4 is 5.65 Å². The van der Waals surface area contributed by atoms with Gasteiger partial charge in [0.25, 0.3) is 5.56 Å². The van der Waals surface area contributed by atoms with E-state index in [1.54, 1.807) is 12.3 Å². The van der Waals surface area contributed by atoms with Crippen LogP contribution < -0.4 is 10.3 Å². The molecule has 0 radical (unpaired) electrons. The summed E-state index contributed by atoms with van der Waals surface area (Å²) in [4.78, 5) is 16.6. The van der Waals surface area contributed by atoms with E-state index in [2.05, 4.69) is 10.1 Å². The highest BCUT2D eigenvalue weighted by molar-refractivity contribution is 5.41. The average Bonchev–Trinajstić information content (AvgIpc) is 2.98. The lowest BCUT2D eigenvalue weighted by molar-refractivity contribution is 0.275. The number of fused-ring (bicyclic) bond motifs is 1. The first-order valence-corrected chi connectivity index (χ1v) is 6.66. The van der Waals surface area contributed by atoms with Crippen molar-refractivity contribution in [3.8, 4) is 5.88 Å². The molecule has 108 valence electrons. The van der Waals surface area contributed by atoms with Gasteiger partial charge in [0.05, 0.1) is 5.56 Å². The number of H-pyrrole nitrogens is 1. The van der Waals surface area contributed by atoms with E-state index in [0.29, 0.717) is 17.8 Å². The molecule has 2 aromatic heterocycles. The van der Waals surface area contributed by atoms with E-state index in [0.717, 1.165) is 5.56 Å². The van der Waals surface area contributed by atoms with Crippen LogP contribution in [0.15, 0.2) is 47.4 Å². The molecule has 0 fully saturated rings. The second-order valence-corrected chi connectivity index (χ2v) is 4.60. The van der Waals surface area contributed by atoms with Crippen LogP contribution in [0.25, 0.3) is 5.65 Å². The van der Waals surface area contributed by atoms with E-state index < -0.39 is 0 Å². The normalized spacial score (nSPS) is 10.9. The summed E-state index contributed by atoms with van der Waals surface area (Å²) in [5, 5.41) is 11.9. The molecule has 2 N–H and O–H groups in total. The fourth-order valence-corrected chi connectivity index (χ4v) is 2.15. The number of aliphatic hydroxyl groups excluding tert-OH is 1. The van der Waals surface area contributed by atoms with E-state index in [1.807, 2.05) is 30.3 Å². The summed E-state index contributed by atoms with van der Waals surface area (Å²) in [6.07, 6.45) is 1.84. The SMILES string of the molecule is O=c1c(CCO)c(OCc2ccccc2)nc2cc[nH]n12. The second kappa shape index (κ2) is 5.80. The van der Waals surface area contributed by atoms with Gasteiger partial charge in [-0.3, -0.25) is 9.89 Å². The molecule has 2 heterocycles. The molecule has 0 saturated heterocycles. The number of aromatic nitrogens is 3. The summed E-state index contributed by atoms with van der Waals surface area (Å²) in [6, 6.07) is 11.3. The fraction of sp³-hybridized carbons (Fsp3) is 0.200. The lowest BCUT2D eigenvalue weighted by Crippen LogP contribution is -2.22. The number of ether oxygens (including phenoxy) is 1.